The number of alkyl halides is 1. The number of ether oxygens (including phenoxy) is 1. The quantitative estimate of drug-likeness (QED) is 0.419. The molecule has 1 fully saturated rings. The minimum atomic E-state index is -1.19. The Morgan fingerprint density at radius 2 is 2.24 bits per heavy atom. The van der Waals surface area contributed by atoms with Gasteiger partial charge in [-0.15, -0.1) is 0 Å². The number of carboxylic acid groups (broad SMARTS) is 1. The highest BCUT2D eigenvalue weighted by atomic mass is 32.2. The molecule has 1 saturated heterocycles. The molecule has 0 radical (unpaired) electrons. The first-order valence-corrected chi connectivity index (χ1v) is 12.1. The Labute approximate surface area is 196 Å². The number of carboxylic acids is 1. The summed E-state index contributed by atoms with van der Waals surface area (Å²) in [4.78, 5) is 22.5. The monoisotopic (exact) mass is 473 g/mol. The van der Waals surface area contributed by atoms with Crippen LogP contribution in [0.3, 0.4) is 0 Å². The number of oxazole rings is 1. The van der Waals surface area contributed by atoms with Crippen LogP contribution in [0.1, 0.15) is 31.0 Å². The maximum Gasteiger partial charge on any atom is 0.308 e. The third-order valence-corrected chi connectivity index (χ3v) is 7.15. The summed E-state index contributed by atoms with van der Waals surface area (Å²) in [5.74, 6) is 0.0941. The number of aromatic nitrogens is 2. The molecule has 0 aliphatic carbocycles. The number of likely N-dealkylation sites (tertiary alicyclic amines) is 1. The fourth-order valence-corrected chi connectivity index (χ4v) is 5.29. The van der Waals surface area contributed by atoms with Crippen molar-refractivity contribution in [3.05, 3.63) is 48.5 Å². The number of rotatable bonds is 10. The second-order valence-electron chi connectivity index (χ2n) is 8.27. The van der Waals surface area contributed by atoms with E-state index in [0.717, 1.165) is 36.2 Å². The van der Waals surface area contributed by atoms with E-state index in [9.17, 15) is 9.90 Å². The standard InChI is InChI=1S/C24H28FN3O4S/c1-31-17-3-5-22-19(14-17)18(6-8-26-22)21(25)4-2-16-7-10-28(15-20(16)23(29)30)11-13-33-24-27-9-12-32-24/h3,5-6,8-9,12,14,16,20-21H,2,4,7,10-11,13,15H2,1H3,(H,29,30)/t16-,20+,21+/m1/s1. The maximum absolute atomic E-state index is 15.3. The van der Waals surface area contributed by atoms with Crippen molar-refractivity contribution >= 4 is 28.6 Å². The number of piperidine rings is 1. The topological polar surface area (TPSA) is 88.7 Å². The Balaban J connectivity index is 1.34. The van der Waals surface area contributed by atoms with Crippen LogP contribution in [0.4, 0.5) is 4.39 Å². The lowest BCUT2D eigenvalue weighted by Crippen LogP contribution is -2.44. The molecule has 7 nitrogen and oxygen atoms in total. The fraction of sp³-hybridized carbons (Fsp3) is 0.458. The van der Waals surface area contributed by atoms with Crippen LogP contribution < -0.4 is 4.74 Å². The predicted octanol–water partition coefficient (Wildman–Crippen LogP) is 4.84. The summed E-state index contributed by atoms with van der Waals surface area (Å²) in [6.45, 7) is 2.06. The van der Waals surface area contributed by atoms with Gasteiger partial charge in [-0.1, -0.05) is 11.8 Å². The van der Waals surface area contributed by atoms with Crippen molar-refractivity contribution in [1.82, 2.24) is 14.9 Å². The molecule has 176 valence electrons. The van der Waals surface area contributed by atoms with Gasteiger partial charge in [0.25, 0.3) is 5.22 Å². The molecular formula is C24H28FN3O4S. The zero-order chi connectivity index (χ0) is 23.2. The minimum Gasteiger partial charge on any atom is -0.497 e. The lowest BCUT2D eigenvalue weighted by atomic mass is 9.81. The highest BCUT2D eigenvalue weighted by Crippen LogP contribution is 2.35. The third kappa shape index (κ3) is 5.83. The Bertz CT molecular complexity index is 1070. The average molecular weight is 474 g/mol. The van der Waals surface area contributed by atoms with Crippen molar-refractivity contribution in [3.63, 3.8) is 0 Å². The van der Waals surface area contributed by atoms with Crippen molar-refractivity contribution < 1.29 is 23.4 Å². The number of fused-ring (bicyclic) bond motifs is 1. The number of carbonyl (C=O) groups is 1. The molecule has 3 atom stereocenters. The molecule has 4 rings (SSSR count). The summed E-state index contributed by atoms with van der Waals surface area (Å²) < 4.78 is 25.8. The van der Waals surface area contributed by atoms with E-state index < -0.39 is 18.1 Å². The molecule has 0 unspecified atom stereocenters. The van der Waals surface area contributed by atoms with Gasteiger partial charge < -0.3 is 19.2 Å². The van der Waals surface area contributed by atoms with E-state index in [1.165, 1.54) is 18.0 Å². The van der Waals surface area contributed by atoms with Gasteiger partial charge in [-0.05, 0) is 61.6 Å². The summed E-state index contributed by atoms with van der Waals surface area (Å²) in [5, 5.41) is 11.2. The van der Waals surface area contributed by atoms with E-state index in [4.69, 9.17) is 9.15 Å². The summed E-state index contributed by atoms with van der Waals surface area (Å²) in [7, 11) is 1.58. The molecule has 9 heteroatoms. The first kappa shape index (κ1) is 23.5. The Kier molecular flexibility index (Phi) is 7.82. The smallest absolute Gasteiger partial charge is 0.308 e. The van der Waals surface area contributed by atoms with Crippen LogP contribution in [0.5, 0.6) is 5.75 Å². The van der Waals surface area contributed by atoms with Crippen molar-refractivity contribution in [3.8, 4) is 5.75 Å². The molecule has 0 bridgehead atoms. The van der Waals surface area contributed by atoms with Crippen molar-refractivity contribution in [2.75, 3.05) is 32.5 Å². The van der Waals surface area contributed by atoms with Gasteiger partial charge in [0.15, 0.2) is 0 Å². The first-order chi connectivity index (χ1) is 16.0. The van der Waals surface area contributed by atoms with Crippen LogP contribution in [-0.2, 0) is 4.79 Å². The second-order valence-corrected chi connectivity index (χ2v) is 9.31. The molecule has 1 N–H and O–H groups in total. The Morgan fingerprint density at radius 3 is 3.00 bits per heavy atom. The number of benzene rings is 1. The predicted molar refractivity (Wildman–Crippen MR) is 124 cm³/mol. The average Bonchev–Trinajstić information content (AvgIpc) is 3.35. The molecule has 33 heavy (non-hydrogen) atoms. The zero-order valence-electron chi connectivity index (χ0n) is 18.5. The molecular weight excluding hydrogens is 445 g/mol. The molecule has 0 saturated carbocycles. The van der Waals surface area contributed by atoms with Crippen molar-refractivity contribution in [1.29, 1.82) is 0 Å². The normalized spacial score (nSPS) is 20.1. The van der Waals surface area contributed by atoms with Gasteiger partial charge in [-0.25, -0.2) is 9.37 Å². The van der Waals surface area contributed by atoms with Crippen LogP contribution in [0.25, 0.3) is 10.9 Å². The number of thioether (sulfide) groups is 1. The van der Waals surface area contributed by atoms with Gasteiger partial charge in [0.1, 0.15) is 18.2 Å². The summed E-state index contributed by atoms with van der Waals surface area (Å²) in [6.07, 6.45) is 5.14. The number of pyridine rings is 1. The number of nitrogens with zero attached hydrogens (tertiary/aromatic N) is 3. The largest absolute Gasteiger partial charge is 0.497 e. The Hall–Kier alpha value is -2.65. The summed E-state index contributed by atoms with van der Waals surface area (Å²) in [6, 6.07) is 7.14. The number of halogens is 1. The van der Waals surface area contributed by atoms with E-state index in [1.54, 1.807) is 37.7 Å². The summed E-state index contributed by atoms with van der Waals surface area (Å²) >= 11 is 1.52. The van der Waals surface area contributed by atoms with Crippen LogP contribution in [-0.4, -0.2) is 58.4 Å². The minimum absolute atomic E-state index is 0.0426. The second kappa shape index (κ2) is 11.0. The SMILES string of the molecule is COc1ccc2nccc([C@@H](F)CC[C@@H]3CCN(CCSc4ncco4)C[C@@H]3C(=O)O)c2c1. The highest BCUT2D eigenvalue weighted by Gasteiger charge is 2.34. The van der Waals surface area contributed by atoms with Gasteiger partial charge in [-0.3, -0.25) is 9.78 Å². The molecule has 3 aromatic rings. The lowest BCUT2D eigenvalue weighted by molar-refractivity contribution is -0.146. The van der Waals surface area contributed by atoms with Crippen LogP contribution >= 0.6 is 11.8 Å². The number of hydrogen-bond donors (Lipinski definition) is 1. The van der Waals surface area contributed by atoms with Gasteiger partial charge >= 0.3 is 5.97 Å². The zero-order valence-corrected chi connectivity index (χ0v) is 19.3. The lowest BCUT2D eigenvalue weighted by Gasteiger charge is -2.36. The van der Waals surface area contributed by atoms with Gasteiger partial charge in [0.2, 0.25) is 0 Å². The molecule has 0 spiro atoms. The van der Waals surface area contributed by atoms with E-state index >= 15 is 4.39 Å². The van der Waals surface area contributed by atoms with Crippen LogP contribution in [0, 0.1) is 11.8 Å². The third-order valence-electron chi connectivity index (χ3n) is 6.31. The van der Waals surface area contributed by atoms with Crippen LogP contribution in [0.15, 0.2) is 52.6 Å². The van der Waals surface area contributed by atoms with Gasteiger partial charge in [0.05, 0.1) is 24.7 Å². The van der Waals surface area contributed by atoms with E-state index in [0.29, 0.717) is 29.5 Å². The fourth-order valence-electron chi connectivity index (χ4n) is 4.50. The van der Waals surface area contributed by atoms with Crippen molar-refractivity contribution in [2.45, 2.75) is 30.7 Å². The van der Waals surface area contributed by atoms with E-state index in [2.05, 4.69) is 14.9 Å². The Morgan fingerprint density at radius 1 is 1.36 bits per heavy atom. The molecule has 2 aromatic heterocycles. The molecule has 1 aromatic carbocycles. The number of aliphatic carboxylic acids is 1. The van der Waals surface area contributed by atoms with Crippen LogP contribution in [0.2, 0.25) is 0 Å². The van der Waals surface area contributed by atoms with Gasteiger partial charge in [-0.2, -0.15) is 0 Å². The molecule has 1 aliphatic heterocycles. The molecule has 3 heterocycles. The number of hydrogen-bond acceptors (Lipinski definition) is 7. The molecule has 1 aliphatic rings. The molecule has 0 amide bonds. The van der Waals surface area contributed by atoms with E-state index in [-0.39, 0.29) is 12.3 Å². The maximum atomic E-state index is 15.3. The van der Waals surface area contributed by atoms with Gasteiger partial charge in [0, 0.05) is 30.4 Å². The number of methoxy groups -OCH3 is 1. The summed E-state index contributed by atoms with van der Waals surface area (Å²) in [5.41, 5.74) is 1.29. The first-order valence-electron chi connectivity index (χ1n) is 11.1. The highest BCUT2D eigenvalue weighted by molar-refractivity contribution is 7.99. The van der Waals surface area contributed by atoms with E-state index in [1.807, 2.05) is 6.07 Å². The van der Waals surface area contributed by atoms with Crippen molar-refractivity contribution in [2.24, 2.45) is 11.8 Å².